The first-order chi connectivity index (χ1) is 10.8. The minimum atomic E-state index is -3.39. The first-order valence-corrected chi connectivity index (χ1v) is 9.64. The number of hydrogen-bond acceptors (Lipinski definition) is 3. The molecule has 1 aromatic carbocycles. The maximum Gasteiger partial charge on any atom is 0.235 e. The van der Waals surface area contributed by atoms with Crippen molar-refractivity contribution in [3.63, 3.8) is 0 Å². The molecule has 0 spiro atoms. The summed E-state index contributed by atoms with van der Waals surface area (Å²) >= 11 is 0. The number of unbranched alkanes of at least 4 members (excludes halogenated alkanes) is 2. The standard InChI is InChI=1S/C16H25FN2O3S/c1-3-4-5-12-19(23(2,21)22)13-16(20)18-11-10-14-6-8-15(17)9-7-14/h6-9H,3-5,10-13H2,1-2H3,(H,18,20). The molecule has 0 aliphatic rings. The fourth-order valence-electron chi connectivity index (χ4n) is 2.11. The Bertz CT molecular complexity index is 588. The maximum atomic E-state index is 12.8. The van der Waals surface area contributed by atoms with E-state index in [2.05, 4.69) is 5.32 Å². The fourth-order valence-corrected chi connectivity index (χ4v) is 2.93. The van der Waals surface area contributed by atoms with E-state index in [1.807, 2.05) is 6.92 Å². The summed E-state index contributed by atoms with van der Waals surface area (Å²) in [7, 11) is -3.39. The van der Waals surface area contributed by atoms with Gasteiger partial charge in [0.2, 0.25) is 15.9 Å². The molecule has 0 fully saturated rings. The van der Waals surface area contributed by atoms with E-state index in [0.717, 1.165) is 31.1 Å². The number of hydrogen-bond donors (Lipinski definition) is 1. The van der Waals surface area contributed by atoms with E-state index < -0.39 is 10.0 Å². The van der Waals surface area contributed by atoms with Gasteiger partial charge in [0.1, 0.15) is 5.82 Å². The Hall–Kier alpha value is -1.47. The highest BCUT2D eigenvalue weighted by atomic mass is 32.2. The summed E-state index contributed by atoms with van der Waals surface area (Å²) in [5.41, 5.74) is 0.912. The molecule has 1 rings (SSSR count). The molecule has 1 amide bonds. The molecule has 23 heavy (non-hydrogen) atoms. The average molecular weight is 344 g/mol. The van der Waals surface area contributed by atoms with Crippen LogP contribution in [0.25, 0.3) is 0 Å². The summed E-state index contributed by atoms with van der Waals surface area (Å²) in [5.74, 6) is -0.623. The molecule has 0 bridgehead atoms. The number of amides is 1. The number of nitrogens with zero attached hydrogens (tertiary/aromatic N) is 1. The van der Waals surface area contributed by atoms with E-state index in [-0.39, 0.29) is 18.3 Å². The molecule has 5 nitrogen and oxygen atoms in total. The minimum absolute atomic E-state index is 0.161. The monoisotopic (exact) mass is 344 g/mol. The van der Waals surface area contributed by atoms with Gasteiger partial charge in [0.05, 0.1) is 12.8 Å². The van der Waals surface area contributed by atoms with Crippen molar-refractivity contribution in [1.82, 2.24) is 9.62 Å². The van der Waals surface area contributed by atoms with Crippen molar-refractivity contribution in [1.29, 1.82) is 0 Å². The fraction of sp³-hybridized carbons (Fsp3) is 0.562. The Kier molecular flexibility index (Phi) is 8.19. The molecule has 0 aliphatic heterocycles. The Morgan fingerprint density at radius 1 is 1.22 bits per heavy atom. The molecule has 1 N–H and O–H groups in total. The van der Waals surface area contributed by atoms with Crippen molar-refractivity contribution in [2.24, 2.45) is 0 Å². The summed E-state index contributed by atoms with van der Waals surface area (Å²) in [4.78, 5) is 11.9. The van der Waals surface area contributed by atoms with Gasteiger partial charge in [-0.15, -0.1) is 0 Å². The van der Waals surface area contributed by atoms with Crippen molar-refractivity contribution < 1.29 is 17.6 Å². The van der Waals surface area contributed by atoms with Crippen molar-refractivity contribution in [3.8, 4) is 0 Å². The third-order valence-corrected chi connectivity index (χ3v) is 4.70. The quantitative estimate of drug-likeness (QED) is 0.660. The zero-order valence-electron chi connectivity index (χ0n) is 13.7. The van der Waals surface area contributed by atoms with Crippen molar-refractivity contribution in [2.45, 2.75) is 32.6 Å². The second-order valence-electron chi connectivity index (χ2n) is 5.53. The van der Waals surface area contributed by atoms with Gasteiger partial charge >= 0.3 is 0 Å². The first kappa shape index (κ1) is 19.6. The van der Waals surface area contributed by atoms with Gasteiger partial charge in [-0.25, -0.2) is 12.8 Å². The lowest BCUT2D eigenvalue weighted by molar-refractivity contribution is -0.121. The van der Waals surface area contributed by atoms with Gasteiger partial charge in [-0.05, 0) is 30.5 Å². The van der Waals surface area contributed by atoms with Crippen molar-refractivity contribution in [3.05, 3.63) is 35.6 Å². The average Bonchev–Trinajstić information content (AvgIpc) is 2.47. The van der Waals surface area contributed by atoms with Gasteiger partial charge in [-0.3, -0.25) is 4.79 Å². The van der Waals surface area contributed by atoms with Crippen LogP contribution >= 0.6 is 0 Å². The number of carbonyl (C=O) groups excluding carboxylic acids is 1. The topological polar surface area (TPSA) is 66.5 Å². The third kappa shape index (κ3) is 8.08. The predicted molar refractivity (Wildman–Crippen MR) is 89.1 cm³/mol. The molecule has 1 aromatic rings. The second-order valence-corrected chi connectivity index (χ2v) is 7.51. The largest absolute Gasteiger partial charge is 0.355 e. The van der Waals surface area contributed by atoms with Crippen LogP contribution in [0.4, 0.5) is 4.39 Å². The highest BCUT2D eigenvalue weighted by Gasteiger charge is 2.19. The van der Waals surface area contributed by atoms with E-state index >= 15 is 0 Å². The van der Waals surface area contributed by atoms with Crippen LogP contribution in [0.3, 0.4) is 0 Å². The van der Waals surface area contributed by atoms with Crippen LogP contribution in [-0.4, -0.2) is 44.5 Å². The molecule has 0 saturated carbocycles. The maximum absolute atomic E-state index is 12.8. The highest BCUT2D eigenvalue weighted by molar-refractivity contribution is 7.88. The van der Waals surface area contributed by atoms with Crippen molar-refractivity contribution >= 4 is 15.9 Å². The number of benzene rings is 1. The first-order valence-electron chi connectivity index (χ1n) is 7.79. The molecule has 0 radical (unpaired) electrons. The molecule has 0 aliphatic carbocycles. The van der Waals surface area contributed by atoms with E-state index in [1.165, 1.54) is 16.4 Å². The van der Waals surface area contributed by atoms with Crippen LogP contribution in [0.5, 0.6) is 0 Å². The van der Waals surface area contributed by atoms with Gasteiger partial charge in [0.15, 0.2) is 0 Å². The summed E-state index contributed by atoms with van der Waals surface area (Å²) in [6.45, 7) is 2.62. The van der Waals surface area contributed by atoms with Gasteiger partial charge in [0, 0.05) is 13.1 Å². The SMILES string of the molecule is CCCCCN(CC(=O)NCCc1ccc(F)cc1)S(C)(=O)=O. The summed E-state index contributed by atoms with van der Waals surface area (Å²) in [5, 5.41) is 2.70. The van der Waals surface area contributed by atoms with E-state index in [1.54, 1.807) is 12.1 Å². The lowest BCUT2D eigenvalue weighted by atomic mass is 10.1. The molecule has 0 heterocycles. The van der Waals surface area contributed by atoms with E-state index in [0.29, 0.717) is 19.5 Å². The van der Waals surface area contributed by atoms with Gasteiger partial charge in [-0.2, -0.15) is 4.31 Å². The van der Waals surface area contributed by atoms with Crippen LogP contribution in [0.1, 0.15) is 31.7 Å². The normalized spacial score (nSPS) is 11.7. The molecule has 0 aromatic heterocycles. The Morgan fingerprint density at radius 3 is 2.43 bits per heavy atom. The molecule has 130 valence electrons. The predicted octanol–water partition coefficient (Wildman–Crippen LogP) is 1.94. The van der Waals surface area contributed by atoms with Crippen molar-refractivity contribution in [2.75, 3.05) is 25.9 Å². The third-order valence-electron chi connectivity index (χ3n) is 3.45. The Labute approximate surface area is 137 Å². The van der Waals surface area contributed by atoms with Gasteiger partial charge < -0.3 is 5.32 Å². The summed E-state index contributed by atoms with van der Waals surface area (Å²) in [6, 6.07) is 6.07. The van der Waals surface area contributed by atoms with E-state index in [9.17, 15) is 17.6 Å². The number of sulfonamides is 1. The zero-order chi connectivity index (χ0) is 17.3. The molecular formula is C16H25FN2O3S. The number of nitrogens with one attached hydrogen (secondary N) is 1. The van der Waals surface area contributed by atoms with Gasteiger partial charge in [-0.1, -0.05) is 31.9 Å². The highest BCUT2D eigenvalue weighted by Crippen LogP contribution is 2.04. The molecule has 0 saturated heterocycles. The van der Waals surface area contributed by atoms with Crippen LogP contribution in [0.2, 0.25) is 0 Å². The Morgan fingerprint density at radius 2 is 1.87 bits per heavy atom. The van der Waals surface area contributed by atoms with Gasteiger partial charge in [0.25, 0.3) is 0 Å². The molecule has 0 atom stereocenters. The Balaban J connectivity index is 2.41. The minimum Gasteiger partial charge on any atom is -0.355 e. The number of rotatable bonds is 10. The van der Waals surface area contributed by atoms with Crippen LogP contribution in [0, 0.1) is 5.82 Å². The zero-order valence-corrected chi connectivity index (χ0v) is 14.5. The lowest BCUT2D eigenvalue weighted by Crippen LogP contribution is -2.41. The smallest absolute Gasteiger partial charge is 0.235 e. The summed E-state index contributed by atoms with van der Waals surface area (Å²) in [6.07, 6.45) is 4.34. The number of carbonyl (C=O) groups is 1. The summed E-state index contributed by atoms with van der Waals surface area (Å²) < 4.78 is 37.4. The molecule has 0 unspecified atom stereocenters. The second kappa shape index (κ2) is 9.62. The van der Waals surface area contributed by atoms with E-state index in [4.69, 9.17) is 0 Å². The molecular weight excluding hydrogens is 319 g/mol. The van der Waals surface area contributed by atoms with Crippen LogP contribution < -0.4 is 5.32 Å². The lowest BCUT2D eigenvalue weighted by Gasteiger charge is -2.19. The van der Waals surface area contributed by atoms with Crippen LogP contribution in [-0.2, 0) is 21.2 Å². The van der Waals surface area contributed by atoms with Crippen LogP contribution in [0.15, 0.2) is 24.3 Å². The molecule has 7 heteroatoms. The number of halogens is 1.